The molecule has 0 aromatic heterocycles. The number of benzene rings is 1. The monoisotopic (exact) mass is 245 g/mol. The Morgan fingerprint density at radius 3 is 2.76 bits per heavy atom. The van der Waals surface area contributed by atoms with Crippen molar-refractivity contribution in [2.24, 2.45) is 10.4 Å². The fourth-order valence-electron chi connectivity index (χ4n) is 1.80. The van der Waals surface area contributed by atoms with E-state index in [0.29, 0.717) is 0 Å². The van der Waals surface area contributed by atoms with Gasteiger partial charge in [-0.05, 0) is 25.5 Å². The second-order valence-electron chi connectivity index (χ2n) is 4.56. The van der Waals surface area contributed by atoms with E-state index in [1.54, 1.807) is 0 Å². The number of alkyl halides is 1. The normalized spacial score (nSPS) is 28.8. The zero-order chi connectivity index (χ0) is 12.3. The number of rotatable bonds is 2. The van der Waals surface area contributed by atoms with Crippen molar-refractivity contribution < 1.29 is 0 Å². The van der Waals surface area contributed by atoms with E-state index in [1.807, 2.05) is 42.6 Å². The zero-order valence-electron chi connectivity index (χ0n) is 9.94. The Kier molecular flexibility index (Phi) is 3.49. The third-order valence-electron chi connectivity index (χ3n) is 3.09. The van der Waals surface area contributed by atoms with Crippen molar-refractivity contribution in [3.8, 4) is 0 Å². The van der Waals surface area contributed by atoms with Gasteiger partial charge in [0.25, 0.3) is 0 Å². The van der Waals surface area contributed by atoms with E-state index in [2.05, 4.69) is 24.6 Å². The van der Waals surface area contributed by atoms with Crippen LogP contribution in [0.3, 0.4) is 0 Å². The maximum absolute atomic E-state index is 6.06. The number of hydrogen-bond donors (Lipinski definition) is 0. The number of aliphatic imine (C=N–C) groups is 1. The topological polar surface area (TPSA) is 12.4 Å². The molecule has 1 aromatic rings. The molecule has 88 valence electrons. The molecule has 0 bridgehead atoms. The van der Waals surface area contributed by atoms with Crippen LogP contribution in [0.1, 0.15) is 13.3 Å². The molecule has 0 N–H and O–H groups in total. The molecule has 2 unspecified atom stereocenters. The molecule has 1 nitrogen and oxygen atoms in total. The summed E-state index contributed by atoms with van der Waals surface area (Å²) in [6.45, 7) is 6.22. The standard InChI is InChI=1S/C15H16ClN/c1-12-10-13(16)8-9-15(12,2)11-17-14-6-4-3-5-7-14/h3-9,11,13H,1,10H2,2H3. The summed E-state index contributed by atoms with van der Waals surface area (Å²) in [5.74, 6) is 0. The summed E-state index contributed by atoms with van der Waals surface area (Å²) in [7, 11) is 0. The smallest absolute Gasteiger partial charge is 0.0626 e. The number of para-hydroxylation sites is 1. The summed E-state index contributed by atoms with van der Waals surface area (Å²) in [5, 5.41) is 0.0701. The van der Waals surface area contributed by atoms with Gasteiger partial charge in [-0.2, -0.15) is 0 Å². The van der Waals surface area contributed by atoms with Gasteiger partial charge in [0.15, 0.2) is 0 Å². The molecule has 0 spiro atoms. The minimum atomic E-state index is -0.179. The first-order chi connectivity index (χ1) is 8.10. The lowest BCUT2D eigenvalue weighted by atomic mass is 9.78. The van der Waals surface area contributed by atoms with E-state index >= 15 is 0 Å². The Balaban J connectivity index is 2.20. The van der Waals surface area contributed by atoms with Gasteiger partial charge in [-0.3, -0.25) is 4.99 Å². The predicted octanol–water partition coefficient (Wildman–Crippen LogP) is 4.52. The van der Waals surface area contributed by atoms with E-state index in [0.717, 1.165) is 17.7 Å². The Labute approximate surface area is 108 Å². The van der Waals surface area contributed by atoms with Crippen LogP contribution < -0.4 is 0 Å². The van der Waals surface area contributed by atoms with Gasteiger partial charge in [-0.15, -0.1) is 11.6 Å². The molecule has 1 aliphatic rings. The summed E-state index contributed by atoms with van der Waals surface area (Å²) >= 11 is 6.06. The number of halogens is 1. The van der Waals surface area contributed by atoms with Crippen LogP contribution in [-0.2, 0) is 0 Å². The molecular weight excluding hydrogens is 230 g/mol. The molecule has 0 radical (unpaired) electrons. The molecule has 17 heavy (non-hydrogen) atoms. The van der Waals surface area contributed by atoms with Crippen LogP contribution in [0.2, 0.25) is 0 Å². The number of nitrogens with zero attached hydrogens (tertiary/aromatic N) is 1. The molecule has 0 aliphatic heterocycles. The van der Waals surface area contributed by atoms with E-state index in [-0.39, 0.29) is 10.8 Å². The maximum Gasteiger partial charge on any atom is 0.0626 e. The first kappa shape index (κ1) is 12.1. The minimum Gasteiger partial charge on any atom is -0.260 e. The number of allylic oxidation sites excluding steroid dienone is 3. The lowest BCUT2D eigenvalue weighted by molar-refractivity contribution is 0.658. The average Bonchev–Trinajstić information content (AvgIpc) is 2.34. The Morgan fingerprint density at radius 2 is 2.12 bits per heavy atom. The van der Waals surface area contributed by atoms with Crippen LogP contribution in [0.4, 0.5) is 5.69 Å². The van der Waals surface area contributed by atoms with Crippen molar-refractivity contribution in [1.82, 2.24) is 0 Å². The van der Waals surface area contributed by atoms with Gasteiger partial charge in [0.1, 0.15) is 0 Å². The fourth-order valence-corrected chi connectivity index (χ4v) is 2.06. The Morgan fingerprint density at radius 1 is 1.41 bits per heavy atom. The molecule has 2 atom stereocenters. The highest BCUT2D eigenvalue weighted by Gasteiger charge is 2.27. The van der Waals surface area contributed by atoms with Crippen molar-refractivity contribution in [2.45, 2.75) is 18.7 Å². The minimum absolute atomic E-state index is 0.0701. The summed E-state index contributed by atoms with van der Waals surface area (Å²) in [5.41, 5.74) is 1.89. The highest BCUT2D eigenvalue weighted by atomic mass is 35.5. The molecule has 0 amide bonds. The largest absolute Gasteiger partial charge is 0.260 e. The van der Waals surface area contributed by atoms with Gasteiger partial charge in [-0.1, -0.05) is 42.5 Å². The molecule has 1 aliphatic carbocycles. The third-order valence-corrected chi connectivity index (χ3v) is 3.39. The van der Waals surface area contributed by atoms with Crippen molar-refractivity contribution >= 4 is 23.5 Å². The highest BCUT2D eigenvalue weighted by Crippen LogP contribution is 2.35. The Bertz CT molecular complexity index is 461. The van der Waals surface area contributed by atoms with Crippen LogP contribution >= 0.6 is 11.6 Å². The maximum atomic E-state index is 6.06. The van der Waals surface area contributed by atoms with Gasteiger partial charge < -0.3 is 0 Å². The molecule has 0 fully saturated rings. The molecule has 2 rings (SSSR count). The highest BCUT2D eigenvalue weighted by molar-refractivity contribution is 6.22. The van der Waals surface area contributed by atoms with Crippen molar-refractivity contribution in [1.29, 1.82) is 0 Å². The Hall–Kier alpha value is -1.34. The van der Waals surface area contributed by atoms with Crippen molar-refractivity contribution in [3.05, 3.63) is 54.6 Å². The molecule has 0 saturated carbocycles. The predicted molar refractivity (Wildman–Crippen MR) is 75.2 cm³/mol. The summed E-state index contributed by atoms with van der Waals surface area (Å²) in [4.78, 5) is 4.50. The van der Waals surface area contributed by atoms with Crippen LogP contribution in [0.25, 0.3) is 0 Å². The lowest BCUT2D eigenvalue weighted by Gasteiger charge is -2.29. The van der Waals surface area contributed by atoms with Gasteiger partial charge in [0.2, 0.25) is 0 Å². The summed E-state index contributed by atoms with van der Waals surface area (Å²) in [6.07, 6.45) is 6.87. The first-order valence-electron chi connectivity index (χ1n) is 5.72. The number of hydrogen-bond acceptors (Lipinski definition) is 1. The molecule has 0 saturated heterocycles. The van der Waals surface area contributed by atoms with Crippen LogP contribution in [0.15, 0.2) is 59.6 Å². The second kappa shape index (κ2) is 4.89. The van der Waals surface area contributed by atoms with Crippen molar-refractivity contribution in [2.75, 3.05) is 0 Å². The molecule has 1 aromatic carbocycles. The first-order valence-corrected chi connectivity index (χ1v) is 6.16. The van der Waals surface area contributed by atoms with Gasteiger partial charge in [0.05, 0.1) is 11.1 Å². The molecule has 0 heterocycles. The molecular formula is C15H16ClN. The van der Waals surface area contributed by atoms with E-state index in [1.165, 1.54) is 0 Å². The van der Waals surface area contributed by atoms with Crippen molar-refractivity contribution in [3.63, 3.8) is 0 Å². The van der Waals surface area contributed by atoms with Gasteiger partial charge in [-0.25, -0.2) is 0 Å². The summed E-state index contributed by atoms with van der Waals surface area (Å²) < 4.78 is 0. The summed E-state index contributed by atoms with van der Waals surface area (Å²) in [6, 6.07) is 9.92. The molecule has 2 heteroatoms. The SMILES string of the molecule is C=C1CC(Cl)C=CC1(C)C=Nc1ccccc1. The van der Waals surface area contributed by atoms with Crippen LogP contribution in [0.5, 0.6) is 0 Å². The zero-order valence-corrected chi connectivity index (χ0v) is 10.7. The van der Waals surface area contributed by atoms with E-state index in [4.69, 9.17) is 11.6 Å². The average molecular weight is 246 g/mol. The lowest BCUT2D eigenvalue weighted by Crippen LogP contribution is -2.23. The van der Waals surface area contributed by atoms with Gasteiger partial charge >= 0.3 is 0 Å². The van der Waals surface area contributed by atoms with Crippen LogP contribution in [0, 0.1) is 5.41 Å². The fraction of sp³-hybridized carbons (Fsp3) is 0.267. The second-order valence-corrected chi connectivity index (χ2v) is 5.12. The van der Waals surface area contributed by atoms with E-state index in [9.17, 15) is 0 Å². The van der Waals surface area contributed by atoms with Crippen LogP contribution in [-0.4, -0.2) is 11.6 Å². The quantitative estimate of drug-likeness (QED) is 0.413. The third kappa shape index (κ3) is 2.86. The van der Waals surface area contributed by atoms with E-state index < -0.39 is 0 Å². The van der Waals surface area contributed by atoms with Gasteiger partial charge in [0, 0.05) is 11.6 Å².